The number of hydrogen-bond donors (Lipinski definition) is 1. The summed E-state index contributed by atoms with van der Waals surface area (Å²) >= 11 is 4.09. The summed E-state index contributed by atoms with van der Waals surface area (Å²) in [6, 6.07) is 0. The van der Waals surface area contributed by atoms with Crippen molar-refractivity contribution >= 4 is 29.4 Å². The summed E-state index contributed by atoms with van der Waals surface area (Å²) in [5.74, 6) is 5.98. The summed E-state index contributed by atoms with van der Waals surface area (Å²) in [6.07, 6.45) is 11.4. The monoisotopic (exact) mass is 387 g/mol. The smallest absolute Gasteiger partial charge is 0.245 e. The number of ether oxygens (including phenoxy) is 1. The number of carbonyl (C=O) groups excluding carboxylic acids is 1. The van der Waals surface area contributed by atoms with Crippen LogP contribution in [0.3, 0.4) is 0 Å². The van der Waals surface area contributed by atoms with Crippen LogP contribution in [0.1, 0.15) is 45.4 Å². The van der Waals surface area contributed by atoms with E-state index in [0.29, 0.717) is 29.6 Å². The predicted octanol–water partition coefficient (Wildman–Crippen LogP) is 4.23. The molecule has 0 saturated carbocycles. The lowest BCUT2D eigenvalue weighted by Gasteiger charge is -2.27. The van der Waals surface area contributed by atoms with Gasteiger partial charge in [0.15, 0.2) is 0 Å². The molecule has 2 aliphatic rings. The highest BCUT2D eigenvalue weighted by molar-refractivity contribution is 7.99. The summed E-state index contributed by atoms with van der Waals surface area (Å²) in [5.41, 5.74) is 0. The Hall–Kier alpha value is -0.170. The number of carbonyl (C=O) groups is 1. The highest BCUT2D eigenvalue weighted by atomic mass is 32.2. The number of hydrogen-bond acceptors (Lipinski definition) is 5. The number of fused-ring (bicyclic) bond motifs is 2. The van der Waals surface area contributed by atoms with Crippen molar-refractivity contribution in [2.45, 2.75) is 57.7 Å². The van der Waals surface area contributed by atoms with Gasteiger partial charge >= 0.3 is 0 Å². The van der Waals surface area contributed by atoms with Crippen molar-refractivity contribution < 1.29 is 14.7 Å². The Morgan fingerprint density at radius 2 is 1.80 bits per heavy atom. The SMILES string of the molecule is CC=CCCSCC1C2CCC(O2)C1CSCCCCC(=O)N(C)O. The van der Waals surface area contributed by atoms with Gasteiger partial charge < -0.3 is 4.74 Å². The van der Waals surface area contributed by atoms with Gasteiger partial charge in [-0.1, -0.05) is 12.2 Å². The van der Waals surface area contributed by atoms with Gasteiger partial charge in [0.25, 0.3) is 0 Å². The maximum Gasteiger partial charge on any atom is 0.245 e. The van der Waals surface area contributed by atoms with Crippen molar-refractivity contribution in [2.75, 3.05) is 30.1 Å². The molecule has 2 fully saturated rings. The molecule has 0 aliphatic carbocycles. The van der Waals surface area contributed by atoms with Crippen LogP contribution in [-0.2, 0) is 9.53 Å². The van der Waals surface area contributed by atoms with E-state index in [1.54, 1.807) is 0 Å². The Labute approximate surface area is 161 Å². The molecule has 2 bridgehead atoms. The van der Waals surface area contributed by atoms with Gasteiger partial charge in [0, 0.05) is 25.3 Å². The van der Waals surface area contributed by atoms with Crippen LogP contribution in [0.5, 0.6) is 0 Å². The minimum Gasteiger partial charge on any atom is -0.374 e. The molecule has 0 aromatic rings. The Kier molecular flexibility index (Phi) is 9.74. The van der Waals surface area contributed by atoms with Crippen LogP contribution in [0.25, 0.3) is 0 Å². The van der Waals surface area contributed by atoms with Crippen LogP contribution < -0.4 is 0 Å². The van der Waals surface area contributed by atoms with E-state index in [4.69, 9.17) is 9.94 Å². The molecule has 2 saturated heterocycles. The van der Waals surface area contributed by atoms with E-state index in [9.17, 15) is 4.79 Å². The fourth-order valence-electron chi connectivity index (χ4n) is 3.73. The number of allylic oxidation sites excluding steroid dienone is 2. The van der Waals surface area contributed by atoms with Crippen molar-refractivity contribution in [3.05, 3.63) is 12.2 Å². The first-order chi connectivity index (χ1) is 12.1. The van der Waals surface area contributed by atoms with Crippen LogP contribution in [0.2, 0.25) is 0 Å². The van der Waals surface area contributed by atoms with Gasteiger partial charge in [-0.25, -0.2) is 5.06 Å². The Morgan fingerprint density at radius 3 is 2.40 bits per heavy atom. The normalized spacial score (nSPS) is 28.1. The molecule has 0 aromatic heterocycles. The van der Waals surface area contributed by atoms with Gasteiger partial charge in [0.05, 0.1) is 12.2 Å². The lowest BCUT2D eigenvalue weighted by molar-refractivity contribution is -0.159. The number of amides is 1. The third-order valence-corrected chi connectivity index (χ3v) is 7.51. The van der Waals surface area contributed by atoms with E-state index in [1.807, 2.05) is 11.8 Å². The van der Waals surface area contributed by atoms with Crippen molar-refractivity contribution in [2.24, 2.45) is 11.8 Å². The van der Waals surface area contributed by atoms with Crippen LogP contribution in [0, 0.1) is 11.8 Å². The molecule has 6 heteroatoms. The van der Waals surface area contributed by atoms with Crippen LogP contribution in [-0.4, -0.2) is 58.4 Å². The van der Waals surface area contributed by atoms with Crippen molar-refractivity contribution in [3.63, 3.8) is 0 Å². The van der Waals surface area contributed by atoms with E-state index in [-0.39, 0.29) is 5.91 Å². The highest BCUT2D eigenvalue weighted by Crippen LogP contribution is 2.46. The first-order valence-electron chi connectivity index (χ1n) is 9.51. The molecule has 0 aromatic carbocycles. The second-order valence-corrected chi connectivity index (χ2v) is 9.30. The minimum atomic E-state index is -0.193. The topological polar surface area (TPSA) is 49.8 Å². The highest BCUT2D eigenvalue weighted by Gasteiger charge is 2.48. The molecule has 0 radical (unpaired) electrons. The van der Waals surface area contributed by atoms with Gasteiger partial charge in [-0.3, -0.25) is 10.0 Å². The van der Waals surface area contributed by atoms with Crippen molar-refractivity contribution in [1.82, 2.24) is 5.06 Å². The Morgan fingerprint density at radius 1 is 1.16 bits per heavy atom. The summed E-state index contributed by atoms with van der Waals surface area (Å²) in [4.78, 5) is 11.3. The molecule has 4 unspecified atom stereocenters. The molecule has 25 heavy (non-hydrogen) atoms. The Balaban J connectivity index is 1.61. The van der Waals surface area contributed by atoms with Gasteiger partial charge in [0.1, 0.15) is 0 Å². The largest absolute Gasteiger partial charge is 0.374 e. The number of rotatable bonds is 12. The average Bonchev–Trinajstić information content (AvgIpc) is 3.19. The number of thioether (sulfide) groups is 2. The Bertz CT molecular complexity index is 431. The summed E-state index contributed by atoms with van der Waals surface area (Å²) in [6.45, 7) is 2.08. The molecule has 144 valence electrons. The fourth-order valence-corrected chi connectivity index (χ4v) is 6.24. The molecular weight excluding hydrogens is 354 g/mol. The van der Waals surface area contributed by atoms with Crippen LogP contribution >= 0.6 is 23.5 Å². The van der Waals surface area contributed by atoms with E-state index in [0.717, 1.165) is 24.5 Å². The predicted molar refractivity (Wildman–Crippen MR) is 107 cm³/mol. The number of hydroxylamine groups is 2. The first-order valence-corrected chi connectivity index (χ1v) is 11.8. The second-order valence-electron chi connectivity index (χ2n) is 7.00. The molecule has 1 amide bonds. The zero-order valence-electron chi connectivity index (χ0n) is 15.6. The van der Waals surface area contributed by atoms with Crippen LogP contribution in [0.15, 0.2) is 12.2 Å². The maximum atomic E-state index is 11.3. The zero-order chi connectivity index (χ0) is 18.1. The summed E-state index contributed by atoms with van der Waals surface area (Å²) in [7, 11) is 1.39. The van der Waals surface area contributed by atoms with Crippen molar-refractivity contribution in [1.29, 1.82) is 0 Å². The molecule has 2 aliphatic heterocycles. The molecular formula is C19H33NO3S2. The lowest BCUT2D eigenvalue weighted by atomic mass is 9.81. The molecule has 1 N–H and O–H groups in total. The van der Waals surface area contributed by atoms with Crippen LogP contribution in [0.4, 0.5) is 0 Å². The maximum absolute atomic E-state index is 11.3. The zero-order valence-corrected chi connectivity index (χ0v) is 17.2. The van der Waals surface area contributed by atoms with Crippen molar-refractivity contribution in [3.8, 4) is 0 Å². The van der Waals surface area contributed by atoms with E-state index in [2.05, 4.69) is 30.8 Å². The number of unbranched alkanes of at least 4 members (excludes halogenated alkanes) is 1. The third-order valence-electron chi connectivity index (χ3n) is 5.17. The second kappa shape index (κ2) is 11.5. The number of nitrogens with zero attached hydrogens (tertiary/aromatic N) is 1. The molecule has 4 nitrogen and oxygen atoms in total. The standard InChI is InChI=1S/C19H33NO3S2/c1-3-4-6-11-24-13-15-16(18-10-9-17(15)23-18)14-25-12-7-5-8-19(21)20(2)22/h3-4,15-18,22H,5-14H2,1-2H3. The van der Waals surface area contributed by atoms with Gasteiger partial charge in [-0.15, -0.1) is 0 Å². The van der Waals surface area contributed by atoms with Gasteiger partial charge in [-0.2, -0.15) is 23.5 Å². The third kappa shape index (κ3) is 6.81. The lowest BCUT2D eigenvalue weighted by Crippen LogP contribution is -2.31. The van der Waals surface area contributed by atoms with E-state index >= 15 is 0 Å². The molecule has 2 heterocycles. The fraction of sp³-hybridized carbons (Fsp3) is 0.842. The van der Waals surface area contributed by atoms with Gasteiger partial charge in [-0.05, 0) is 62.0 Å². The summed E-state index contributed by atoms with van der Waals surface area (Å²) in [5, 5.41) is 9.73. The quantitative estimate of drug-likeness (QED) is 0.235. The summed E-state index contributed by atoms with van der Waals surface area (Å²) < 4.78 is 6.19. The average molecular weight is 388 g/mol. The molecule has 4 atom stereocenters. The van der Waals surface area contributed by atoms with Gasteiger partial charge in [0.2, 0.25) is 5.91 Å². The first kappa shape index (κ1) is 21.1. The molecule has 0 spiro atoms. The molecule has 2 rings (SSSR count). The van der Waals surface area contributed by atoms with E-state index in [1.165, 1.54) is 43.6 Å². The van der Waals surface area contributed by atoms with E-state index < -0.39 is 0 Å². The minimum absolute atomic E-state index is 0.193.